The highest BCUT2D eigenvalue weighted by Gasteiger charge is 2.55. The summed E-state index contributed by atoms with van der Waals surface area (Å²) in [6.45, 7) is 1.92. The van der Waals surface area contributed by atoms with Gasteiger partial charge in [-0.3, -0.25) is 4.79 Å². The Kier molecular flexibility index (Phi) is 5.47. The highest BCUT2D eigenvalue weighted by molar-refractivity contribution is 6.30. The summed E-state index contributed by atoms with van der Waals surface area (Å²) >= 11 is 0. The lowest BCUT2D eigenvalue weighted by Gasteiger charge is -2.33. The lowest BCUT2D eigenvalue weighted by molar-refractivity contribution is -0.138. The Bertz CT molecular complexity index is 1130. The highest BCUT2D eigenvalue weighted by atomic mass is 16.5. The van der Waals surface area contributed by atoms with E-state index in [1.807, 2.05) is 91.9 Å². The molecule has 0 N–H and O–H groups in total. The smallest absolute Gasteiger partial charge is 0.341 e. The monoisotopic (exact) mass is 412 g/mol. The van der Waals surface area contributed by atoms with Crippen LogP contribution in [0.2, 0.25) is 0 Å². The van der Waals surface area contributed by atoms with Crippen molar-refractivity contribution < 1.29 is 19.1 Å². The van der Waals surface area contributed by atoms with Crippen LogP contribution in [0.15, 0.2) is 90.5 Å². The van der Waals surface area contributed by atoms with Gasteiger partial charge >= 0.3 is 5.97 Å². The van der Waals surface area contributed by atoms with Gasteiger partial charge in [-0.15, -0.1) is 0 Å². The second-order valence-corrected chi connectivity index (χ2v) is 7.75. The Balaban J connectivity index is 2.03. The van der Waals surface area contributed by atoms with E-state index in [9.17, 15) is 9.59 Å². The van der Waals surface area contributed by atoms with Gasteiger partial charge in [-0.2, -0.15) is 0 Å². The molecule has 3 aromatic carbocycles. The number of carbonyl (C=O) groups excluding carboxylic acids is 2. The lowest BCUT2D eigenvalue weighted by Crippen LogP contribution is -2.36. The van der Waals surface area contributed by atoms with Crippen LogP contribution >= 0.6 is 0 Å². The molecule has 4 heteroatoms. The molecule has 0 aromatic heterocycles. The van der Waals surface area contributed by atoms with E-state index in [0.29, 0.717) is 11.3 Å². The van der Waals surface area contributed by atoms with Crippen LogP contribution in [-0.2, 0) is 19.7 Å². The van der Waals surface area contributed by atoms with E-state index in [1.54, 1.807) is 7.11 Å². The predicted octanol–water partition coefficient (Wildman–Crippen LogP) is 4.95. The normalized spacial score (nSPS) is 20.6. The van der Waals surface area contributed by atoms with Crippen molar-refractivity contribution in [1.29, 1.82) is 0 Å². The van der Waals surface area contributed by atoms with Gasteiger partial charge in [0, 0.05) is 5.92 Å². The Morgan fingerprint density at radius 1 is 0.839 bits per heavy atom. The molecule has 156 valence electrons. The number of methoxy groups -OCH3 is 2. The fourth-order valence-corrected chi connectivity index (χ4v) is 4.56. The molecule has 0 saturated heterocycles. The molecule has 0 spiro atoms. The van der Waals surface area contributed by atoms with Crippen LogP contribution < -0.4 is 4.74 Å². The number of ether oxygens (including phenoxy) is 2. The van der Waals surface area contributed by atoms with E-state index in [-0.39, 0.29) is 17.3 Å². The summed E-state index contributed by atoms with van der Waals surface area (Å²) in [5.74, 6) is -0.497. The van der Waals surface area contributed by atoms with E-state index in [0.717, 1.165) is 16.7 Å². The van der Waals surface area contributed by atoms with Crippen LogP contribution in [0, 0.1) is 0 Å². The molecule has 0 amide bonds. The van der Waals surface area contributed by atoms with E-state index >= 15 is 0 Å². The van der Waals surface area contributed by atoms with E-state index in [1.165, 1.54) is 7.11 Å². The number of benzene rings is 3. The standard InChI is InChI=1S/C27H24O4/c1-27(20-12-8-5-9-13-20)24(19-10-6-4-7-11-19)22(23(25(27)28)26(29)31-3)18-14-16-21(30-2)17-15-18/h4-17,24H,1-3H3/t24-,27+/m0/s1. The van der Waals surface area contributed by atoms with Gasteiger partial charge in [0.1, 0.15) is 11.3 Å². The van der Waals surface area contributed by atoms with Gasteiger partial charge in [0.2, 0.25) is 0 Å². The first-order valence-electron chi connectivity index (χ1n) is 10.1. The Morgan fingerprint density at radius 2 is 1.42 bits per heavy atom. The van der Waals surface area contributed by atoms with Gasteiger partial charge in [0.15, 0.2) is 5.78 Å². The zero-order valence-electron chi connectivity index (χ0n) is 17.8. The first-order valence-corrected chi connectivity index (χ1v) is 10.1. The molecule has 3 aromatic rings. The fourth-order valence-electron chi connectivity index (χ4n) is 4.56. The van der Waals surface area contributed by atoms with Crippen molar-refractivity contribution in [1.82, 2.24) is 0 Å². The van der Waals surface area contributed by atoms with Gasteiger partial charge in [-0.1, -0.05) is 72.8 Å². The lowest BCUT2D eigenvalue weighted by atomic mass is 9.67. The number of hydrogen-bond donors (Lipinski definition) is 0. The van der Waals surface area contributed by atoms with Gasteiger partial charge in [0.25, 0.3) is 0 Å². The largest absolute Gasteiger partial charge is 0.497 e. The van der Waals surface area contributed by atoms with Crippen molar-refractivity contribution in [2.45, 2.75) is 18.3 Å². The summed E-state index contributed by atoms with van der Waals surface area (Å²) in [7, 11) is 2.91. The molecule has 1 aliphatic carbocycles. The number of ketones is 1. The highest BCUT2D eigenvalue weighted by Crippen LogP contribution is 2.55. The van der Waals surface area contributed by atoms with Crippen LogP contribution in [0.3, 0.4) is 0 Å². The molecule has 0 aliphatic heterocycles. The minimum Gasteiger partial charge on any atom is -0.497 e. The van der Waals surface area contributed by atoms with Crippen LogP contribution in [0.5, 0.6) is 5.75 Å². The summed E-state index contributed by atoms with van der Waals surface area (Å²) in [6.07, 6.45) is 0. The SMILES string of the molecule is COC(=O)C1=C(c2ccc(OC)cc2)[C@H](c2ccccc2)[C@@](C)(c2ccccc2)C1=O. The van der Waals surface area contributed by atoms with Crippen molar-refractivity contribution in [3.05, 3.63) is 107 Å². The van der Waals surface area contributed by atoms with Crippen molar-refractivity contribution in [3.8, 4) is 5.75 Å². The fraction of sp³-hybridized carbons (Fsp3) is 0.185. The number of rotatable bonds is 5. The van der Waals surface area contributed by atoms with Gasteiger partial charge in [-0.25, -0.2) is 4.79 Å². The molecular formula is C27H24O4. The second-order valence-electron chi connectivity index (χ2n) is 7.75. The van der Waals surface area contributed by atoms with Crippen molar-refractivity contribution in [2.24, 2.45) is 0 Å². The maximum Gasteiger partial charge on any atom is 0.341 e. The average molecular weight is 412 g/mol. The van der Waals surface area contributed by atoms with Crippen LogP contribution in [0.4, 0.5) is 0 Å². The summed E-state index contributed by atoms with van der Waals surface area (Å²) < 4.78 is 10.4. The van der Waals surface area contributed by atoms with E-state index in [2.05, 4.69) is 0 Å². The van der Waals surface area contributed by atoms with Crippen LogP contribution in [0.1, 0.15) is 29.5 Å². The quantitative estimate of drug-likeness (QED) is 0.440. The molecule has 1 aliphatic rings. The average Bonchev–Trinajstić information content (AvgIpc) is 3.08. The summed E-state index contributed by atoms with van der Waals surface area (Å²) in [5, 5.41) is 0. The molecular weight excluding hydrogens is 388 g/mol. The first kappa shape index (κ1) is 20.6. The van der Waals surface area contributed by atoms with Crippen LogP contribution in [-0.4, -0.2) is 26.0 Å². The maximum absolute atomic E-state index is 13.9. The third-order valence-electron chi connectivity index (χ3n) is 6.13. The molecule has 4 rings (SSSR count). The minimum atomic E-state index is -0.957. The molecule has 2 atom stereocenters. The predicted molar refractivity (Wildman–Crippen MR) is 120 cm³/mol. The van der Waals surface area contributed by atoms with E-state index in [4.69, 9.17) is 9.47 Å². The second kappa shape index (κ2) is 8.23. The summed E-state index contributed by atoms with van der Waals surface area (Å²) in [6, 6.07) is 26.9. The molecule has 31 heavy (non-hydrogen) atoms. The zero-order chi connectivity index (χ0) is 22.0. The molecule has 0 radical (unpaired) electrons. The number of hydrogen-bond acceptors (Lipinski definition) is 4. The zero-order valence-corrected chi connectivity index (χ0v) is 17.8. The topological polar surface area (TPSA) is 52.6 Å². The number of allylic oxidation sites excluding steroid dienone is 1. The molecule has 0 saturated carbocycles. The molecule has 0 fully saturated rings. The van der Waals surface area contributed by atoms with Crippen molar-refractivity contribution >= 4 is 17.3 Å². The maximum atomic E-state index is 13.9. The Hall–Kier alpha value is -3.66. The van der Waals surface area contributed by atoms with Crippen molar-refractivity contribution in [3.63, 3.8) is 0 Å². The number of esters is 1. The Morgan fingerprint density at radius 3 is 1.97 bits per heavy atom. The van der Waals surface area contributed by atoms with Gasteiger partial charge in [0.05, 0.1) is 19.6 Å². The van der Waals surface area contributed by atoms with Gasteiger partial charge < -0.3 is 9.47 Å². The molecule has 4 nitrogen and oxygen atoms in total. The molecule has 0 heterocycles. The van der Waals surface area contributed by atoms with Gasteiger partial charge in [-0.05, 0) is 41.3 Å². The van der Waals surface area contributed by atoms with Crippen LogP contribution in [0.25, 0.3) is 5.57 Å². The first-order chi connectivity index (χ1) is 15.0. The summed E-state index contributed by atoms with van der Waals surface area (Å²) in [4.78, 5) is 26.8. The van der Waals surface area contributed by atoms with E-state index < -0.39 is 11.4 Å². The summed E-state index contributed by atoms with van der Waals surface area (Å²) in [5.41, 5.74) is 2.44. The Labute approximate surface area is 182 Å². The number of carbonyl (C=O) groups is 2. The number of Topliss-reactive ketones (excluding diaryl/α,β-unsaturated/α-hetero) is 1. The molecule has 0 unspecified atom stereocenters. The van der Waals surface area contributed by atoms with Crippen molar-refractivity contribution in [2.75, 3.05) is 14.2 Å². The molecule has 0 bridgehead atoms. The minimum absolute atomic E-state index is 0.105. The third kappa shape index (κ3) is 3.34. The third-order valence-corrected chi connectivity index (χ3v) is 6.13.